The molecule has 0 aliphatic heterocycles. The van der Waals surface area contributed by atoms with E-state index in [1.807, 2.05) is 19.1 Å². The Bertz CT molecular complexity index is 638. The average Bonchev–Trinajstić information content (AvgIpc) is 2.90. The van der Waals surface area contributed by atoms with E-state index in [9.17, 15) is 5.11 Å². The molecule has 2 N–H and O–H groups in total. The van der Waals surface area contributed by atoms with Gasteiger partial charge in [-0.2, -0.15) is 4.98 Å². The molecule has 0 amide bonds. The van der Waals surface area contributed by atoms with Crippen LogP contribution in [0.2, 0.25) is 5.02 Å². The van der Waals surface area contributed by atoms with Gasteiger partial charge in [-0.05, 0) is 25.5 Å². The van der Waals surface area contributed by atoms with Crippen molar-refractivity contribution in [1.82, 2.24) is 15.5 Å². The van der Waals surface area contributed by atoms with Gasteiger partial charge >= 0.3 is 0 Å². The molecular formula is C15H18ClN3O2. The number of nitrogens with zero attached hydrogens (tertiary/aromatic N) is 2. The monoisotopic (exact) mass is 307 g/mol. The van der Waals surface area contributed by atoms with Crippen LogP contribution in [0.3, 0.4) is 0 Å². The summed E-state index contributed by atoms with van der Waals surface area (Å²) in [6.07, 6.45) is 1.48. The molecule has 1 atom stereocenters. The molecule has 0 saturated carbocycles. The van der Waals surface area contributed by atoms with Crippen molar-refractivity contribution in [3.63, 3.8) is 0 Å². The van der Waals surface area contributed by atoms with Crippen molar-refractivity contribution in [3.05, 3.63) is 47.3 Å². The van der Waals surface area contributed by atoms with E-state index in [0.29, 0.717) is 29.8 Å². The molecule has 2 rings (SSSR count). The van der Waals surface area contributed by atoms with Crippen molar-refractivity contribution in [2.75, 3.05) is 6.54 Å². The maximum Gasteiger partial charge on any atom is 0.240 e. The lowest BCUT2D eigenvalue weighted by Gasteiger charge is -2.17. The Hall–Kier alpha value is -1.69. The predicted octanol–water partition coefficient (Wildman–Crippen LogP) is 2.73. The van der Waals surface area contributed by atoms with E-state index < -0.39 is 5.60 Å². The topological polar surface area (TPSA) is 71.2 Å². The van der Waals surface area contributed by atoms with Crippen LogP contribution in [-0.2, 0) is 6.54 Å². The Morgan fingerprint density at radius 1 is 1.52 bits per heavy atom. The van der Waals surface area contributed by atoms with Gasteiger partial charge in [0.15, 0.2) is 0 Å². The van der Waals surface area contributed by atoms with Gasteiger partial charge in [0.1, 0.15) is 0 Å². The van der Waals surface area contributed by atoms with E-state index >= 15 is 0 Å². The molecule has 0 bridgehead atoms. The first-order valence-electron chi connectivity index (χ1n) is 6.57. The predicted molar refractivity (Wildman–Crippen MR) is 82.0 cm³/mol. The maximum atomic E-state index is 9.78. The van der Waals surface area contributed by atoms with Crippen LogP contribution in [0, 0.1) is 6.92 Å². The Balaban J connectivity index is 2.01. The number of hydrogen-bond donors (Lipinski definition) is 2. The molecule has 0 saturated heterocycles. The summed E-state index contributed by atoms with van der Waals surface area (Å²) in [6.45, 7) is 7.89. The molecule has 1 heterocycles. The van der Waals surface area contributed by atoms with Gasteiger partial charge < -0.3 is 14.9 Å². The Morgan fingerprint density at radius 2 is 2.29 bits per heavy atom. The van der Waals surface area contributed by atoms with Crippen molar-refractivity contribution >= 4 is 11.6 Å². The van der Waals surface area contributed by atoms with Crippen molar-refractivity contribution in [3.8, 4) is 11.4 Å². The molecule has 5 nitrogen and oxygen atoms in total. The molecule has 1 aromatic heterocycles. The van der Waals surface area contributed by atoms with Gasteiger partial charge in [-0.1, -0.05) is 35.0 Å². The highest BCUT2D eigenvalue weighted by atomic mass is 35.5. The van der Waals surface area contributed by atoms with Gasteiger partial charge in [-0.15, -0.1) is 6.58 Å². The summed E-state index contributed by atoms with van der Waals surface area (Å²) in [5, 5.41) is 17.4. The van der Waals surface area contributed by atoms with E-state index in [1.54, 1.807) is 13.0 Å². The molecule has 2 aromatic rings. The van der Waals surface area contributed by atoms with Crippen molar-refractivity contribution in [1.29, 1.82) is 0 Å². The SMILES string of the molecule is C=CC(C)(O)CNCc1nc(-c2ccc(C)c(Cl)c2)no1. The van der Waals surface area contributed by atoms with Gasteiger partial charge in [-0.25, -0.2) is 0 Å². The van der Waals surface area contributed by atoms with Crippen LogP contribution >= 0.6 is 11.6 Å². The number of aryl methyl sites for hydroxylation is 1. The summed E-state index contributed by atoms with van der Waals surface area (Å²) in [5.41, 5.74) is 0.837. The van der Waals surface area contributed by atoms with Crippen LogP contribution in [0.1, 0.15) is 18.4 Å². The molecular weight excluding hydrogens is 290 g/mol. The van der Waals surface area contributed by atoms with E-state index in [0.717, 1.165) is 11.1 Å². The zero-order valence-corrected chi connectivity index (χ0v) is 12.8. The number of aliphatic hydroxyl groups is 1. The van der Waals surface area contributed by atoms with E-state index in [4.69, 9.17) is 16.1 Å². The summed E-state index contributed by atoms with van der Waals surface area (Å²) < 4.78 is 5.16. The third-order valence-electron chi connectivity index (χ3n) is 3.10. The van der Waals surface area contributed by atoms with Crippen LogP contribution in [0.15, 0.2) is 35.4 Å². The smallest absolute Gasteiger partial charge is 0.240 e. The van der Waals surface area contributed by atoms with Gasteiger partial charge in [0, 0.05) is 17.1 Å². The Morgan fingerprint density at radius 3 is 2.95 bits per heavy atom. The molecule has 1 aromatic carbocycles. The van der Waals surface area contributed by atoms with E-state index in [1.165, 1.54) is 6.08 Å². The first-order chi connectivity index (χ1) is 9.91. The second-order valence-electron chi connectivity index (χ2n) is 5.14. The first-order valence-corrected chi connectivity index (χ1v) is 6.95. The van der Waals surface area contributed by atoms with Crippen LogP contribution in [0.4, 0.5) is 0 Å². The zero-order valence-electron chi connectivity index (χ0n) is 12.1. The summed E-state index contributed by atoms with van der Waals surface area (Å²) in [5.74, 6) is 0.936. The molecule has 0 aliphatic rings. The molecule has 0 radical (unpaired) electrons. The fourth-order valence-electron chi connectivity index (χ4n) is 1.67. The molecule has 0 aliphatic carbocycles. The maximum absolute atomic E-state index is 9.78. The lowest BCUT2D eigenvalue weighted by Crippen LogP contribution is -2.35. The number of hydrogen-bond acceptors (Lipinski definition) is 5. The highest BCUT2D eigenvalue weighted by Crippen LogP contribution is 2.23. The third-order valence-corrected chi connectivity index (χ3v) is 3.50. The Labute approximate surface area is 128 Å². The van der Waals surface area contributed by atoms with E-state index in [-0.39, 0.29) is 0 Å². The van der Waals surface area contributed by atoms with Gasteiger partial charge in [-0.3, -0.25) is 0 Å². The fraction of sp³-hybridized carbons (Fsp3) is 0.333. The van der Waals surface area contributed by atoms with Crippen molar-refractivity contribution < 1.29 is 9.63 Å². The lowest BCUT2D eigenvalue weighted by atomic mass is 10.1. The van der Waals surface area contributed by atoms with Crippen LogP contribution in [-0.4, -0.2) is 27.4 Å². The van der Waals surface area contributed by atoms with E-state index in [2.05, 4.69) is 22.0 Å². The minimum absolute atomic E-state index is 0.352. The minimum atomic E-state index is -0.965. The molecule has 6 heteroatoms. The molecule has 21 heavy (non-hydrogen) atoms. The average molecular weight is 308 g/mol. The zero-order chi connectivity index (χ0) is 15.5. The number of aromatic nitrogens is 2. The lowest BCUT2D eigenvalue weighted by molar-refractivity contribution is 0.109. The number of nitrogens with one attached hydrogen (secondary N) is 1. The van der Waals surface area contributed by atoms with Gasteiger partial charge in [0.25, 0.3) is 0 Å². The summed E-state index contributed by atoms with van der Waals surface area (Å²) >= 11 is 6.08. The fourth-order valence-corrected chi connectivity index (χ4v) is 1.85. The molecule has 112 valence electrons. The summed E-state index contributed by atoms with van der Waals surface area (Å²) in [4.78, 5) is 4.29. The quantitative estimate of drug-likeness (QED) is 0.803. The second-order valence-corrected chi connectivity index (χ2v) is 5.55. The third kappa shape index (κ3) is 4.14. The molecule has 0 fully saturated rings. The highest BCUT2D eigenvalue weighted by Gasteiger charge is 2.15. The van der Waals surface area contributed by atoms with Crippen molar-refractivity contribution in [2.24, 2.45) is 0 Å². The first kappa shape index (κ1) is 15.7. The largest absolute Gasteiger partial charge is 0.385 e. The minimum Gasteiger partial charge on any atom is -0.385 e. The normalized spacial score (nSPS) is 13.9. The van der Waals surface area contributed by atoms with Crippen LogP contribution in [0.25, 0.3) is 11.4 Å². The van der Waals surface area contributed by atoms with Crippen LogP contribution in [0.5, 0.6) is 0 Å². The summed E-state index contributed by atoms with van der Waals surface area (Å²) in [6, 6.07) is 5.61. The molecule has 0 spiro atoms. The van der Waals surface area contributed by atoms with Crippen molar-refractivity contribution in [2.45, 2.75) is 26.0 Å². The second kappa shape index (κ2) is 6.39. The van der Waals surface area contributed by atoms with Gasteiger partial charge in [0.05, 0.1) is 12.1 Å². The Kier molecular flexibility index (Phi) is 4.77. The number of rotatable bonds is 6. The molecule has 1 unspecified atom stereocenters. The van der Waals surface area contributed by atoms with Gasteiger partial charge in [0.2, 0.25) is 11.7 Å². The highest BCUT2D eigenvalue weighted by molar-refractivity contribution is 6.31. The standard InChI is InChI=1S/C15H18ClN3O2/c1-4-15(3,20)9-17-8-13-18-14(19-21-13)11-6-5-10(2)12(16)7-11/h4-7,17,20H,1,8-9H2,2-3H3. The number of benzene rings is 1. The van der Waals surface area contributed by atoms with Crippen LogP contribution < -0.4 is 5.32 Å². The number of halogens is 1. The summed E-state index contributed by atoms with van der Waals surface area (Å²) in [7, 11) is 0.